The van der Waals surface area contributed by atoms with Crippen molar-refractivity contribution in [2.24, 2.45) is 0 Å². The van der Waals surface area contributed by atoms with Crippen LogP contribution in [0.1, 0.15) is 29.9 Å². The molecular formula is C10H12ClNO2. The van der Waals surface area contributed by atoms with Crippen molar-refractivity contribution in [1.82, 2.24) is 4.98 Å². The van der Waals surface area contributed by atoms with Crippen molar-refractivity contribution in [3.63, 3.8) is 0 Å². The Kier molecular flexibility index (Phi) is 3.47. The lowest BCUT2D eigenvalue weighted by Crippen LogP contribution is -2.14. The van der Waals surface area contributed by atoms with E-state index in [1.54, 1.807) is 32.9 Å². The predicted octanol–water partition coefficient (Wildman–Crippen LogP) is 2.61. The van der Waals surface area contributed by atoms with Crippen LogP contribution in [0, 0.1) is 6.92 Å². The number of hydrogen-bond donors (Lipinski definition) is 0. The van der Waals surface area contributed by atoms with Crippen LogP contribution < -0.4 is 0 Å². The molecule has 0 fully saturated rings. The van der Waals surface area contributed by atoms with E-state index in [2.05, 4.69) is 4.98 Å². The Morgan fingerprint density at radius 1 is 1.50 bits per heavy atom. The molecule has 0 bridgehead atoms. The van der Waals surface area contributed by atoms with Gasteiger partial charge in [0.05, 0.1) is 6.10 Å². The topological polar surface area (TPSA) is 39.2 Å². The van der Waals surface area contributed by atoms with E-state index in [4.69, 9.17) is 16.3 Å². The van der Waals surface area contributed by atoms with Crippen molar-refractivity contribution in [1.29, 1.82) is 0 Å². The minimum Gasteiger partial charge on any atom is -0.458 e. The molecule has 0 amide bonds. The second-order valence-corrected chi connectivity index (χ2v) is 3.64. The zero-order chi connectivity index (χ0) is 10.7. The van der Waals surface area contributed by atoms with Crippen LogP contribution >= 0.6 is 11.6 Å². The summed E-state index contributed by atoms with van der Waals surface area (Å²) >= 11 is 5.68. The molecule has 76 valence electrons. The normalized spacial score (nSPS) is 10.4. The average Bonchev–Trinajstić information content (AvgIpc) is 2.08. The molecule has 3 nitrogen and oxygen atoms in total. The van der Waals surface area contributed by atoms with Crippen LogP contribution in [-0.4, -0.2) is 17.1 Å². The fraction of sp³-hybridized carbons (Fsp3) is 0.400. The van der Waals surface area contributed by atoms with E-state index >= 15 is 0 Å². The summed E-state index contributed by atoms with van der Waals surface area (Å²) in [5.41, 5.74) is 1.05. The third kappa shape index (κ3) is 2.70. The third-order valence-corrected chi connectivity index (χ3v) is 1.81. The zero-order valence-corrected chi connectivity index (χ0v) is 9.13. The predicted molar refractivity (Wildman–Crippen MR) is 54.5 cm³/mol. The van der Waals surface area contributed by atoms with Gasteiger partial charge in [0.25, 0.3) is 0 Å². The Balaban J connectivity index is 2.94. The van der Waals surface area contributed by atoms with Crippen LogP contribution in [0.3, 0.4) is 0 Å². The number of carbonyl (C=O) groups is 1. The maximum atomic E-state index is 11.5. The number of nitrogens with zero attached hydrogens (tertiary/aromatic N) is 1. The number of esters is 1. The Hall–Kier alpha value is -1.09. The number of rotatable bonds is 2. The molecule has 0 aliphatic rings. The van der Waals surface area contributed by atoms with E-state index in [0.29, 0.717) is 5.15 Å². The molecule has 0 unspecified atom stereocenters. The van der Waals surface area contributed by atoms with E-state index in [9.17, 15) is 4.79 Å². The zero-order valence-electron chi connectivity index (χ0n) is 8.37. The van der Waals surface area contributed by atoms with Gasteiger partial charge < -0.3 is 4.74 Å². The SMILES string of the molecule is Cc1ccc(Cl)nc1C(=O)OC(C)C. The maximum Gasteiger partial charge on any atom is 0.357 e. The van der Waals surface area contributed by atoms with E-state index in [-0.39, 0.29) is 11.8 Å². The molecular weight excluding hydrogens is 202 g/mol. The first-order valence-electron chi connectivity index (χ1n) is 4.35. The Labute approximate surface area is 88.1 Å². The van der Waals surface area contributed by atoms with Gasteiger partial charge in [0.15, 0.2) is 5.69 Å². The highest BCUT2D eigenvalue weighted by atomic mass is 35.5. The minimum absolute atomic E-state index is 0.150. The fourth-order valence-electron chi connectivity index (χ4n) is 0.981. The summed E-state index contributed by atoms with van der Waals surface area (Å²) in [4.78, 5) is 15.4. The lowest BCUT2D eigenvalue weighted by atomic mass is 10.2. The third-order valence-electron chi connectivity index (χ3n) is 1.60. The molecule has 0 spiro atoms. The molecule has 0 saturated carbocycles. The number of aryl methyl sites for hydroxylation is 1. The molecule has 0 saturated heterocycles. The van der Waals surface area contributed by atoms with Gasteiger partial charge in [-0.2, -0.15) is 0 Å². The summed E-state index contributed by atoms with van der Waals surface area (Å²) in [6.45, 7) is 5.37. The molecule has 14 heavy (non-hydrogen) atoms. The van der Waals surface area contributed by atoms with Gasteiger partial charge in [0, 0.05) is 0 Å². The van der Waals surface area contributed by atoms with Crippen molar-refractivity contribution < 1.29 is 9.53 Å². The van der Waals surface area contributed by atoms with Crippen LogP contribution in [0.4, 0.5) is 0 Å². The molecule has 1 rings (SSSR count). The van der Waals surface area contributed by atoms with Gasteiger partial charge in [0.2, 0.25) is 0 Å². The van der Waals surface area contributed by atoms with Crippen LogP contribution in [0.2, 0.25) is 5.15 Å². The number of ether oxygens (including phenoxy) is 1. The second-order valence-electron chi connectivity index (χ2n) is 3.25. The quantitative estimate of drug-likeness (QED) is 0.560. The summed E-state index contributed by atoms with van der Waals surface area (Å²) in [5.74, 6) is -0.431. The highest BCUT2D eigenvalue weighted by Crippen LogP contribution is 2.12. The summed E-state index contributed by atoms with van der Waals surface area (Å²) in [6, 6.07) is 3.38. The highest BCUT2D eigenvalue weighted by Gasteiger charge is 2.13. The largest absolute Gasteiger partial charge is 0.458 e. The van der Waals surface area contributed by atoms with Gasteiger partial charge in [-0.1, -0.05) is 17.7 Å². The lowest BCUT2D eigenvalue weighted by molar-refractivity contribution is 0.0370. The van der Waals surface area contributed by atoms with Crippen molar-refractivity contribution >= 4 is 17.6 Å². The smallest absolute Gasteiger partial charge is 0.357 e. The monoisotopic (exact) mass is 213 g/mol. The van der Waals surface area contributed by atoms with Crippen molar-refractivity contribution in [2.75, 3.05) is 0 Å². The van der Waals surface area contributed by atoms with Gasteiger partial charge in [-0.25, -0.2) is 9.78 Å². The molecule has 1 aromatic rings. The Bertz CT molecular complexity index is 350. The second kappa shape index (κ2) is 4.42. The van der Waals surface area contributed by atoms with Crippen molar-refractivity contribution in [3.05, 3.63) is 28.5 Å². The Morgan fingerprint density at radius 2 is 2.14 bits per heavy atom. The summed E-state index contributed by atoms with van der Waals surface area (Å²) in [5, 5.41) is 0.298. The summed E-state index contributed by atoms with van der Waals surface area (Å²) in [7, 11) is 0. The summed E-state index contributed by atoms with van der Waals surface area (Å²) < 4.78 is 5.01. The minimum atomic E-state index is -0.431. The average molecular weight is 214 g/mol. The molecule has 0 radical (unpaired) electrons. The van der Waals surface area contributed by atoms with Crippen molar-refractivity contribution in [3.8, 4) is 0 Å². The first kappa shape index (κ1) is 11.0. The number of aromatic nitrogens is 1. The molecule has 4 heteroatoms. The van der Waals surface area contributed by atoms with Crippen LogP contribution in [0.5, 0.6) is 0 Å². The van der Waals surface area contributed by atoms with Gasteiger partial charge in [-0.3, -0.25) is 0 Å². The molecule has 0 aliphatic heterocycles. The number of carbonyl (C=O) groups excluding carboxylic acids is 1. The fourth-order valence-corrected chi connectivity index (χ4v) is 1.13. The van der Waals surface area contributed by atoms with Gasteiger partial charge >= 0.3 is 5.97 Å². The van der Waals surface area contributed by atoms with Crippen molar-refractivity contribution in [2.45, 2.75) is 26.9 Å². The standard InChI is InChI=1S/C10H12ClNO2/c1-6(2)14-10(13)9-7(3)4-5-8(11)12-9/h4-6H,1-3H3. The number of halogens is 1. The van der Waals surface area contributed by atoms with Crippen LogP contribution in [0.25, 0.3) is 0 Å². The van der Waals surface area contributed by atoms with E-state index in [1.165, 1.54) is 0 Å². The summed E-state index contributed by atoms with van der Waals surface area (Å²) in [6.07, 6.45) is -0.150. The molecule has 1 aromatic heterocycles. The molecule has 0 N–H and O–H groups in total. The molecule has 0 aromatic carbocycles. The van der Waals surface area contributed by atoms with Gasteiger partial charge in [-0.15, -0.1) is 0 Å². The Morgan fingerprint density at radius 3 is 2.71 bits per heavy atom. The first-order chi connectivity index (χ1) is 6.50. The maximum absolute atomic E-state index is 11.5. The van der Waals surface area contributed by atoms with Gasteiger partial charge in [-0.05, 0) is 32.4 Å². The van der Waals surface area contributed by atoms with E-state index in [1.807, 2.05) is 0 Å². The number of pyridine rings is 1. The number of hydrogen-bond acceptors (Lipinski definition) is 3. The van der Waals surface area contributed by atoms with Gasteiger partial charge in [0.1, 0.15) is 5.15 Å². The molecule has 1 heterocycles. The van der Waals surface area contributed by atoms with Crippen LogP contribution in [0.15, 0.2) is 12.1 Å². The van der Waals surface area contributed by atoms with E-state index in [0.717, 1.165) is 5.56 Å². The molecule has 0 aliphatic carbocycles. The highest BCUT2D eigenvalue weighted by molar-refractivity contribution is 6.29. The molecule has 0 atom stereocenters. The first-order valence-corrected chi connectivity index (χ1v) is 4.72. The lowest BCUT2D eigenvalue weighted by Gasteiger charge is -2.08. The van der Waals surface area contributed by atoms with Crippen LogP contribution in [-0.2, 0) is 4.74 Å². The van der Waals surface area contributed by atoms with E-state index < -0.39 is 5.97 Å².